The summed E-state index contributed by atoms with van der Waals surface area (Å²) in [5, 5.41) is 22.0. The predicted octanol–water partition coefficient (Wildman–Crippen LogP) is 20.1. The maximum absolute atomic E-state index is 14.0. The lowest BCUT2D eigenvalue weighted by Crippen LogP contribution is -2.14. The maximum atomic E-state index is 14.0. The number of aromatic amines is 1. The molecule has 15 heteroatoms. The first kappa shape index (κ1) is 59.2. The van der Waals surface area contributed by atoms with Crippen LogP contribution in [0.1, 0.15) is 31.1 Å². The van der Waals surface area contributed by atoms with Gasteiger partial charge in [-0.05, 0) is 126 Å². The molecule has 0 saturated heterocycles. The van der Waals surface area contributed by atoms with Crippen LogP contribution in [0.15, 0.2) is 267 Å². The second kappa shape index (κ2) is 26.8. The number of H-pyrrole nitrogens is 1. The fourth-order valence-electron chi connectivity index (χ4n) is 10.4. The van der Waals surface area contributed by atoms with Crippen LogP contribution in [0.2, 0.25) is 15.1 Å². The van der Waals surface area contributed by atoms with E-state index in [1.54, 1.807) is 22.8 Å². The Kier molecular flexibility index (Phi) is 18.0. The third-order valence-corrected chi connectivity index (χ3v) is 15.4. The van der Waals surface area contributed by atoms with Crippen molar-refractivity contribution in [1.82, 2.24) is 19.5 Å². The van der Waals surface area contributed by atoms with Crippen LogP contribution < -0.4 is 5.73 Å². The summed E-state index contributed by atoms with van der Waals surface area (Å²) in [6.45, 7) is 0. The smallest absolute Gasteiger partial charge is 0.293 e. The highest BCUT2D eigenvalue weighted by Crippen LogP contribution is 2.35. The van der Waals surface area contributed by atoms with E-state index in [2.05, 4.69) is 58.5 Å². The van der Waals surface area contributed by atoms with Crippen LogP contribution in [-0.2, 0) is 0 Å². The summed E-state index contributed by atoms with van der Waals surface area (Å²) >= 11 is 23.2. The van der Waals surface area contributed by atoms with Gasteiger partial charge in [0.15, 0.2) is 6.29 Å². The van der Waals surface area contributed by atoms with E-state index in [0.29, 0.717) is 37.5 Å². The van der Waals surface area contributed by atoms with Crippen LogP contribution in [0, 0.1) is 10.1 Å². The number of halogens is 4. The molecule has 2 aromatic heterocycles. The molecule has 0 radical (unpaired) electrons. The van der Waals surface area contributed by atoms with E-state index in [-0.39, 0.29) is 17.3 Å². The van der Waals surface area contributed by atoms with Crippen molar-refractivity contribution in [1.29, 1.82) is 0 Å². The number of fused-ring (bicyclic) bond motifs is 7. The molecule has 0 unspecified atom stereocenters. The first-order valence-electron chi connectivity index (χ1n) is 27.5. The molecule has 2 heterocycles. The van der Waals surface area contributed by atoms with E-state index >= 15 is 0 Å². The Bertz CT molecular complexity index is 5120. The number of hydrogen-bond donors (Lipinski definition) is 2. The highest BCUT2D eigenvalue weighted by atomic mass is 35.5. The summed E-state index contributed by atoms with van der Waals surface area (Å²) in [4.78, 5) is 58.2. The summed E-state index contributed by atoms with van der Waals surface area (Å²) in [5.41, 5.74) is 12.5. The lowest BCUT2D eigenvalue weighted by molar-refractivity contribution is -0.383. The molecule has 3 N–H and O–H groups in total. The maximum Gasteiger partial charge on any atom is 0.293 e. The van der Waals surface area contributed by atoms with E-state index in [1.165, 1.54) is 29.0 Å². The number of anilines is 1. The predicted molar refractivity (Wildman–Crippen MR) is 361 cm³/mol. The Morgan fingerprint density at radius 3 is 1.52 bits per heavy atom. The third kappa shape index (κ3) is 13.0. The largest absolute Gasteiger partial charge is 0.393 e. The van der Waals surface area contributed by atoms with Gasteiger partial charge in [-0.3, -0.25) is 29.1 Å². The van der Waals surface area contributed by atoms with Crippen LogP contribution in [0.5, 0.6) is 0 Å². The summed E-state index contributed by atoms with van der Waals surface area (Å²) in [5.74, 6) is 1.37. The van der Waals surface area contributed by atoms with E-state index in [9.17, 15) is 24.5 Å². The van der Waals surface area contributed by atoms with E-state index < -0.39 is 10.2 Å². The summed E-state index contributed by atoms with van der Waals surface area (Å²) in [6.07, 6.45) is 0.891. The van der Waals surface area contributed by atoms with Crippen molar-refractivity contribution >= 4 is 151 Å². The van der Waals surface area contributed by atoms with Crippen LogP contribution in [0.3, 0.4) is 0 Å². The molecule has 0 amide bonds. The number of nitro groups is 1. The van der Waals surface area contributed by atoms with Gasteiger partial charge < -0.3 is 10.7 Å². The van der Waals surface area contributed by atoms with Gasteiger partial charge in [0.05, 0.1) is 27.0 Å². The standard InChI is InChI=1S/C28H17ClN2O.C17H11ClN2.C11H7ClO.C11H8O.C6H5ClN2O2/c29-20-15-16-26-25(17-20)30-27(23-13-5-9-18-7-1-3-11-21(18)23)31(26)28(32)24-14-6-10-19-8-2-4-12-22(19)24;18-12-8-9-15-16(10-12)20-17(19-15)14-7-3-5-11-4-1-2-6-13(11)14;12-11(13)10-7-3-5-8-4-1-2-6-9(8)10;12-8-10-6-3-5-9-4-1-2-7-11(9)10;7-4-1-2-5(8)6(3-4)9(10)11/h1-17H;1-10H,(H,19,20);1-7H;1-8H;1-3H,8H2. The van der Waals surface area contributed by atoms with Gasteiger partial charge in [-0.25, -0.2) is 9.97 Å². The lowest BCUT2D eigenvalue weighted by atomic mass is 10.0. The lowest BCUT2D eigenvalue weighted by Gasteiger charge is -2.12. The van der Waals surface area contributed by atoms with Crippen molar-refractivity contribution in [2.45, 2.75) is 0 Å². The number of carbonyl (C=O) groups excluding carboxylic acids is 3. The monoisotopic (exact) mass is 1230 g/mol. The van der Waals surface area contributed by atoms with Crippen molar-refractivity contribution in [2.75, 3.05) is 5.73 Å². The van der Waals surface area contributed by atoms with Gasteiger partial charge in [-0.2, -0.15) is 0 Å². The molecular formula is C73H48Cl4N6O5. The number of carbonyl (C=O) groups is 3. The minimum atomic E-state index is -0.568. The number of benzene rings is 13. The average Bonchev–Trinajstić information content (AvgIpc) is 1.81. The average molecular weight is 1230 g/mol. The number of aromatic nitrogens is 4. The van der Waals surface area contributed by atoms with Crippen molar-refractivity contribution in [3.63, 3.8) is 0 Å². The SMILES string of the molecule is Clc1ccc2nc(-c3cccc4ccccc34)[nH]c2c1.Nc1ccc(Cl)cc1[N+](=O)[O-].O=C(Cl)c1cccc2ccccc12.O=C(c1cccc2ccccc12)n1c(-c2cccc3ccccc23)nc2cc(Cl)ccc21.O=Cc1cccc2ccccc12. The van der Waals surface area contributed by atoms with Crippen molar-refractivity contribution < 1.29 is 19.3 Å². The Balaban J connectivity index is 0.000000122. The van der Waals surface area contributed by atoms with Gasteiger partial charge in [0, 0.05) is 49.0 Å². The first-order valence-corrected chi connectivity index (χ1v) is 29.0. The number of imidazole rings is 2. The van der Waals surface area contributed by atoms with Gasteiger partial charge >= 0.3 is 0 Å². The van der Waals surface area contributed by atoms with Gasteiger partial charge in [0.1, 0.15) is 17.3 Å². The number of nitrogens with two attached hydrogens (primary N) is 1. The molecule has 88 heavy (non-hydrogen) atoms. The molecule has 0 atom stereocenters. The molecule has 428 valence electrons. The van der Waals surface area contributed by atoms with Gasteiger partial charge in [0.2, 0.25) is 0 Å². The van der Waals surface area contributed by atoms with Crippen molar-refractivity contribution in [2.24, 2.45) is 0 Å². The quantitative estimate of drug-likeness (QED) is 0.0545. The zero-order chi connectivity index (χ0) is 61.3. The number of nitrogens with one attached hydrogen (secondary N) is 1. The Hall–Kier alpha value is -10.5. The minimum Gasteiger partial charge on any atom is -0.393 e. The molecule has 0 spiro atoms. The highest BCUT2D eigenvalue weighted by Gasteiger charge is 2.23. The van der Waals surface area contributed by atoms with E-state index in [4.69, 9.17) is 57.1 Å². The fourth-order valence-corrected chi connectivity index (χ4v) is 11.0. The van der Waals surface area contributed by atoms with Crippen LogP contribution in [-0.4, -0.2) is 41.9 Å². The number of hydrogen-bond acceptors (Lipinski definition) is 8. The molecule has 0 aliphatic heterocycles. The molecule has 13 aromatic carbocycles. The molecular weight excluding hydrogens is 1180 g/mol. The number of nitrogens with zero attached hydrogens (tertiary/aromatic N) is 4. The zero-order valence-electron chi connectivity index (χ0n) is 46.4. The molecule has 15 aromatic rings. The second-order valence-electron chi connectivity index (χ2n) is 20.0. The Morgan fingerprint density at radius 1 is 0.477 bits per heavy atom. The van der Waals surface area contributed by atoms with Crippen LogP contribution in [0.4, 0.5) is 11.4 Å². The fraction of sp³-hybridized carbons (Fsp3) is 0. The molecule has 11 nitrogen and oxygen atoms in total. The van der Waals surface area contributed by atoms with Gasteiger partial charge in [-0.15, -0.1) is 0 Å². The van der Waals surface area contributed by atoms with Crippen molar-refractivity contribution in [3.05, 3.63) is 309 Å². The molecule has 0 saturated carbocycles. The number of nitrogen functional groups attached to an aromatic ring is 1. The van der Waals surface area contributed by atoms with Crippen LogP contribution in [0.25, 0.3) is 98.7 Å². The summed E-state index contributed by atoms with van der Waals surface area (Å²) in [6, 6.07) is 84.6. The molecule has 0 fully saturated rings. The van der Waals surface area contributed by atoms with Crippen LogP contribution >= 0.6 is 46.4 Å². The Labute approximate surface area is 523 Å². The third-order valence-electron chi connectivity index (χ3n) is 14.5. The molecule has 0 aliphatic carbocycles. The topological polar surface area (TPSA) is 167 Å². The highest BCUT2D eigenvalue weighted by molar-refractivity contribution is 6.68. The summed E-state index contributed by atoms with van der Waals surface area (Å²) in [7, 11) is 0. The molecule has 0 bridgehead atoms. The zero-order valence-corrected chi connectivity index (χ0v) is 49.4. The normalized spacial score (nSPS) is 10.8. The number of nitro benzene ring substituents is 1. The van der Waals surface area contributed by atoms with Gasteiger partial charge in [-0.1, -0.05) is 235 Å². The first-order chi connectivity index (χ1) is 42.8. The van der Waals surface area contributed by atoms with E-state index in [1.807, 2.05) is 182 Å². The Morgan fingerprint density at radius 2 is 0.932 bits per heavy atom. The number of rotatable bonds is 6. The second-order valence-corrected chi connectivity index (χ2v) is 21.6. The summed E-state index contributed by atoms with van der Waals surface area (Å²) < 4.78 is 1.72. The molecule has 15 rings (SSSR count). The van der Waals surface area contributed by atoms with Crippen molar-refractivity contribution in [3.8, 4) is 22.8 Å². The van der Waals surface area contributed by atoms with Gasteiger partial charge in [0.25, 0.3) is 16.8 Å². The molecule has 0 aliphatic rings. The minimum absolute atomic E-state index is 0.116. The van der Waals surface area contributed by atoms with E-state index in [0.717, 1.165) is 88.4 Å². The number of aldehydes is 1.